The summed E-state index contributed by atoms with van der Waals surface area (Å²) in [4.78, 5) is 0. The Morgan fingerprint density at radius 2 is 1.00 bits per heavy atom. The molecule has 2 aliphatic heterocycles. The average molecular weight is 506 g/mol. The van der Waals surface area contributed by atoms with E-state index < -0.39 is 0 Å². The third-order valence-corrected chi connectivity index (χ3v) is 8.51. The summed E-state index contributed by atoms with van der Waals surface area (Å²) in [5.74, 6) is 3.83. The number of ether oxygens (including phenoxy) is 2. The Kier molecular flexibility index (Phi) is 4.78. The fourth-order valence-electron chi connectivity index (χ4n) is 6.56. The first kappa shape index (κ1) is 22.2. The van der Waals surface area contributed by atoms with Gasteiger partial charge in [0.1, 0.15) is 23.0 Å². The molecule has 0 saturated carbocycles. The van der Waals surface area contributed by atoms with Gasteiger partial charge in [0.2, 0.25) is 0 Å². The van der Waals surface area contributed by atoms with Crippen LogP contribution in [0.25, 0.3) is 10.9 Å². The van der Waals surface area contributed by atoms with Crippen LogP contribution in [0.15, 0.2) is 115 Å². The second-order valence-electron chi connectivity index (χ2n) is 10.5. The van der Waals surface area contributed by atoms with Gasteiger partial charge in [-0.2, -0.15) is 0 Å². The molecule has 0 fully saturated rings. The number of hydrogen-bond acceptors (Lipinski definition) is 2. The molecule has 0 unspecified atom stereocenters. The van der Waals surface area contributed by atoms with E-state index in [-0.39, 0.29) is 12.0 Å². The lowest BCUT2D eigenvalue weighted by Crippen LogP contribution is -2.18. The second-order valence-corrected chi connectivity index (χ2v) is 10.5. The Balaban J connectivity index is 1.35. The van der Waals surface area contributed by atoms with E-state index in [4.69, 9.17) is 9.47 Å². The molecule has 0 spiro atoms. The zero-order valence-corrected chi connectivity index (χ0v) is 21.9. The van der Waals surface area contributed by atoms with Crippen LogP contribution in [-0.2, 0) is 0 Å². The maximum absolute atomic E-state index is 6.33. The molecule has 0 bridgehead atoms. The molecular weight excluding hydrogens is 478 g/mol. The van der Waals surface area contributed by atoms with Crippen LogP contribution in [0.5, 0.6) is 23.0 Å². The van der Waals surface area contributed by atoms with E-state index >= 15 is 0 Å². The molecule has 0 atom stereocenters. The molecule has 0 N–H and O–H groups in total. The van der Waals surface area contributed by atoms with E-state index in [9.17, 15) is 0 Å². The van der Waals surface area contributed by atoms with Gasteiger partial charge < -0.3 is 14.0 Å². The first-order valence-electron chi connectivity index (χ1n) is 13.5. The molecule has 39 heavy (non-hydrogen) atoms. The van der Waals surface area contributed by atoms with E-state index in [2.05, 4.69) is 109 Å². The molecule has 3 heterocycles. The van der Waals surface area contributed by atoms with E-state index in [0.29, 0.717) is 0 Å². The van der Waals surface area contributed by atoms with E-state index in [1.165, 1.54) is 50.0 Å². The molecule has 1 aromatic heterocycles. The lowest BCUT2D eigenvalue weighted by atomic mass is 9.82. The highest BCUT2D eigenvalue weighted by Crippen LogP contribution is 2.49. The van der Waals surface area contributed by atoms with Gasteiger partial charge in [0.25, 0.3) is 0 Å². The molecular formula is C36H27NO2. The summed E-state index contributed by atoms with van der Waals surface area (Å²) in [7, 11) is 0. The summed E-state index contributed by atoms with van der Waals surface area (Å²) in [5.41, 5.74) is 9.87. The van der Waals surface area contributed by atoms with Gasteiger partial charge in [0, 0.05) is 44.8 Å². The van der Waals surface area contributed by atoms with Crippen molar-refractivity contribution < 1.29 is 9.47 Å². The van der Waals surface area contributed by atoms with Gasteiger partial charge in [-0.15, -0.1) is 0 Å². The molecule has 3 nitrogen and oxygen atoms in total. The quantitative estimate of drug-likeness (QED) is 0.234. The van der Waals surface area contributed by atoms with Crippen LogP contribution < -0.4 is 9.47 Å². The Bertz CT molecular complexity index is 1820. The standard InChI is InChI=1S/C36H27NO2/c1-22-23(2)37(36-27-13-5-9-17-33(27)39-34-18-10-6-14-28(34)36)30-20-19-24(21-29(22)30)35-25-11-3-7-15-31(25)38-32-16-8-4-12-26(32)35/h3-21,35-36H,1-2H3. The van der Waals surface area contributed by atoms with Crippen molar-refractivity contribution in [1.82, 2.24) is 4.57 Å². The van der Waals surface area contributed by atoms with Gasteiger partial charge in [-0.1, -0.05) is 78.9 Å². The van der Waals surface area contributed by atoms with Crippen molar-refractivity contribution in [3.8, 4) is 23.0 Å². The normalized spacial score (nSPS) is 14.1. The molecule has 0 amide bonds. The van der Waals surface area contributed by atoms with Crippen molar-refractivity contribution >= 4 is 10.9 Å². The average Bonchev–Trinajstić information content (AvgIpc) is 3.23. The highest BCUT2D eigenvalue weighted by molar-refractivity contribution is 5.87. The van der Waals surface area contributed by atoms with Crippen LogP contribution >= 0.6 is 0 Å². The van der Waals surface area contributed by atoms with Crippen molar-refractivity contribution in [2.45, 2.75) is 25.8 Å². The molecule has 0 saturated heterocycles. The fourth-order valence-corrected chi connectivity index (χ4v) is 6.56. The Morgan fingerprint density at radius 3 is 1.54 bits per heavy atom. The van der Waals surface area contributed by atoms with Crippen molar-refractivity contribution in [3.63, 3.8) is 0 Å². The highest BCUT2D eigenvalue weighted by atomic mass is 16.5. The van der Waals surface area contributed by atoms with Crippen LogP contribution in [-0.4, -0.2) is 4.57 Å². The number of hydrogen-bond donors (Lipinski definition) is 0. The topological polar surface area (TPSA) is 23.4 Å². The van der Waals surface area contributed by atoms with E-state index in [1.807, 2.05) is 24.3 Å². The number of rotatable bonds is 2. The second kappa shape index (κ2) is 8.37. The van der Waals surface area contributed by atoms with Gasteiger partial charge in [0.15, 0.2) is 0 Å². The van der Waals surface area contributed by atoms with Crippen LogP contribution in [0.1, 0.15) is 51.0 Å². The van der Waals surface area contributed by atoms with Crippen molar-refractivity contribution in [2.75, 3.05) is 0 Å². The lowest BCUT2D eigenvalue weighted by Gasteiger charge is -2.31. The van der Waals surface area contributed by atoms with Crippen molar-refractivity contribution in [2.24, 2.45) is 0 Å². The molecule has 3 heteroatoms. The predicted octanol–water partition coefficient (Wildman–Crippen LogP) is 9.29. The Hall–Kier alpha value is -4.76. The maximum Gasteiger partial charge on any atom is 0.133 e. The highest BCUT2D eigenvalue weighted by Gasteiger charge is 2.32. The molecule has 188 valence electrons. The van der Waals surface area contributed by atoms with Gasteiger partial charge in [-0.05, 0) is 61.4 Å². The van der Waals surface area contributed by atoms with Crippen LogP contribution in [0.3, 0.4) is 0 Å². The van der Waals surface area contributed by atoms with Crippen molar-refractivity contribution in [3.05, 3.63) is 154 Å². The van der Waals surface area contributed by atoms with E-state index in [1.54, 1.807) is 0 Å². The van der Waals surface area contributed by atoms with Crippen LogP contribution in [0, 0.1) is 13.8 Å². The molecule has 0 aliphatic carbocycles. The summed E-state index contributed by atoms with van der Waals surface area (Å²) in [6.07, 6.45) is 0. The number of aromatic nitrogens is 1. The molecule has 6 aromatic rings. The molecule has 5 aromatic carbocycles. The smallest absolute Gasteiger partial charge is 0.133 e. The van der Waals surface area contributed by atoms with Gasteiger partial charge in [0.05, 0.1) is 6.04 Å². The third kappa shape index (κ3) is 3.23. The van der Waals surface area contributed by atoms with Crippen molar-refractivity contribution in [1.29, 1.82) is 0 Å². The summed E-state index contributed by atoms with van der Waals surface area (Å²) < 4.78 is 15.1. The number of aryl methyl sites for hydroxylation is 1. The Morgan fingerprint density at radius 1 is 0.538 bits per heavy atom. The fraction of sp³-hybridized carbons (Fsp3) is 0.111. The number of nitrogens with zero attached hydrogens (tertiary/aromatic N) is 1. The van der Waals surface area contributed by atoms with Crippen LogP contribution in [0.2, 0.25) is 0 Å². The minimum absolute atomic E-state index is 0.0396. The molecule has 2 aliphatic rings. The van der Waals surface area contributed by atoms with Gasteiger partial charge in [-0.3, -0.25) is 0 Å². The third-order valence-electron chi connectivity index (χ3n) is 8.51. The zero-order chi connectivity index (χ0) is 26.1. The predicted molar refractivity (Wildman–Crippen MR) is 156 cm³/mol. The van der Waals surface area contributed by atoms with Gasteiger partial charge in [-0.25, -0.2) is 0 Å². The molecule has 0 radical (unpaired) electrons. The number of fused-ring (bicyclic) bond motifs is 5. The van der Waals surface area contributed by atoms with Gasteiger partial charge >= 0.3 is 0 Å². The largest absolute Gasteiger partial charge is 0.457 e. The van der Waals surface area contributed by atoms with E-state index in [0.717, 1.165) is 23.0 Å². The monoisotopic (exact) mass is 505 g/mol. The zero-order valence-electron chi connectivity index (χ0n) is 21.9. The SMILES string of the molecule is Cc1c(C)n(C2c3ccccc3Oc3ccccc32)c2ccc(C3c4ccccc4Oc4ccccc43)cc12. The summed E-state index contributed by atoms with van der Waals surface area (Å²) >= 11 is 0. The summed E-state index contributed by atoms with van der Waals surface area (Å²) in [6.45, 7) is 4.50. The summed E-state index contributed by atoms with van der Waals surface area (Å²) in [5, 5.41) is 1.29. The van der Waals surface area contributed by atoms with Crippen LogP contribution in [0.4, 0.5) is 0 Å². The maximum atomic E-state index is 6.33. The Labute approximate surface area is 227 Å². The number of para-hydroxylation sites is 4. The first-order chi connectivity index (χ1) is 19.2. The lowest BCUT2D eigenvalue weighted by molar-refractivity contribution is 0.435. The summed E-state index contributed by atoms with van der Waals surface area (Å²) in [6, 6.07) is 40.7. The minimum atomic E-state index is 0.0396. The minimum Gasteiger partial charge on any atom is -0.457 e. The first-order valence-corrected chi connectivity index (χ1v) is 13.5. The molecule has 8 rings (SSSR count). The number of benzene rings is 5.